The Labute approximate surface area is 116 Å². The van der Waals surface area contributed by atoms with Crippen LogP contribution < -0.4 is 6.15 Å². The summed E-state index contributed by atoms with van der Waals surface area (Å²) in [5.41, 5.74) is 0. The van der Waals surface area contributed by atoms with Crippen LogP contribution >= 0.6 is 7.82 Å². The van der Waals surface area contributed by atoms with Gasteiger partial charge in [-0.2, -0.15) is 0 Å². The molecule has 0 saturated carbocycles. The molecule has 0 aliphatic carbocycles. The van der Waals surface area contributed by atoms with Crippen molar-refractivity contribution in [2.24, 2.45) is 0 Å². The molecule has 1 atom stereocenters. The van der Waals surface area contributed by atoms with E-state index in [0.717, 1.165) is 19.3 Å². The largest absolute Gasteiger partial charge is 0.471 e. The standard InChI is InChI=1S/C12H27O5P.H3N/c1-2-3-4-5-6-7-8-9-10-11-12(13)17-18(14,15)16;/h12-13H,2-11H2,1H3,(H2,14,15,16);1H3. The molecular formula is C12H30NO5P. The Morgan fingerprint density at radius 3 is 1.79 bits per heavy atom. The molecule has 0 bridgehead atoms. The molecule has 19 heavy (non-hydrogen) atoms. The molecule has 0 aromatic rings. The highest BCUT2D eigenvalue weighted by atomic mass is 31.2. The van der Waals surface area contributed by atoms with E-state index in [9.17, 15) is 9.67 Å². The van der Waals surface area contributed by atoms with Crippen molar-refractivity contribution in [1.82, 2.24) is 6.15 Å². The number of phosphoric acid groups is 1. The Morgan fingerprint density at radius 1 is 0.947 bits per heavy atom. The van der Waals surface area contributed by atoms with Gasteiger partial charge in [0.15, 0.2) is 6.29 Å². The van der Waals surface area contributed by atoms with Gasteiger partial charge in [-0.3, -0.25) is 4.52 Å². The van der Waals surface area contributed by atoms with Gasteiger partial charge in [-0.25, -0.2) is 4.57 Å². The Morgan fingerprint density at radius 2 is 1.37 bits per heavy atom. The molecule has 0 aliphatic heterocycles. The molecule has 0 fully saturated rings. The zero-order valence-corrected chi connectivity index (χ0v) is 12.9. The van der Waals surface area contributed by atoms with E-state index in [2.05, 4.69) is 11.4 Å². The summed E-state index contributed by atoms with van der Waals surface area (Å²) in [6.07, 6.45) is 9.35. The summed E-state index contributed by atoms with van der Waals surface area (Å²) in [4.78, 5) is 16.9. The predicted molar refractivity (Wildman–Crippen MR) is 76.0 cm³/mol. The fraction of sp³-hybridized carbons (Fsp3) is 1.00. The number of aliphatic hydroxyl groups is 1. The van der Waals surface area contributed by atoms with Gasteiger partial charge in [0.2, 0.25) is 0 Å². The number of unbranched alkanes of at least 4 members (excludes halogenated alkanes) is 8. The smallest absolute Gasteiger partial charge is 0.367 e. The van der Waals surface area contributed by atoms with Crippen molar-refractivity contribution < 1.29 is 24.0 Å². The van der Waals surface area contributed by atoms with Crippen molar-refractivity contribution in [1.29, 1.82) is 0 Å². The molecule has 6 N–H and O–H groups in total. The van der Waals surface area contributed by atoms with Gasteiger partial charge < -0.3 is 21.0 Å². The summed E-state index contributed by atoms with van der Waals surface area (Å²) >= 11 is 0. The summed E-state index contributed by atoms with van der Waals surface area (Å²) < 4.78 is 14.5. The lowest BCUT2D eigenvalue weighted by Crippen LogP contribution is -2.09. The van der Waals surface area contributed by atoms with Crippen molar-refractivity contribution in [3.05, 3.63) is 0 Å². The van der Waals surface area contributed by atoms with Crippen LogP contribution in [0.25, 0.3) is 0 Å². The highest BCUT2D eigenvalue weighted by Crippen LogP contribution is 2.37. The minimum atomic E-state index is -4.55. The number of hydrogen-bond acceptors (Lipinski definition) is 4. The van der Waals surface area contributed by atoms with Gasteiger partial charge in [-0.1, -0.05) is 58.3 Å². The third-order valence-electron chi connectivity index (χ3n) is 2.81. The van der Waals surface area contributed by atoms with E-state index in [4.69, 9.17) is 9.79 Å². The van der Waals surface area contributed by atoms with E-state index < -0.39 is 14.1 Å². The third-order valence-corrected chi connectivity index (χ3v) is 3.33. The lowest BCUT2D eigenvalue weighted by atomic mass is 10.1. The topological polar surface area (TPSA) is 122 Å². The fourth-order valence-corrected chi connectivity index (χ4v) is 2.26. The van der Waals surface area contributed by atoms with Crippen LogP contribution in [0.4, 0.5) is 0 Å². The molecule has 0 aliphatic rings. The van der Waals surface area contributed by atoms with Gasteiger partial charge in [0.05, 0.1) is 0 Å². The quantitative estimate of drug-likeness (QED) is 0.248. The average Bonchev–Trinajstić information content (AvgIpc) is 2.24. The van der Waals surface area contributed by atoms with Gasteiger partial charge >= 0.3 is 7.82 Å². The Hall–Kier alpha value is 0.0300. The first kappa shape index (κ1) is 21.3. The van der Waals surface area contributed by atoms with E-state index in [1.54, 1.807) is 0 Å². The lowest BCUT2D eigenvalue weighted by Gasteiger charge is -2.11. The Balaban J connectivity index is 0. The molecule has 7 heteroatoms. The van der Waals surface area contributed by atoms with Gasteiger partial charge in [0.25, 0.3) is 0 Å². The minimum Gasteiger partial charge on any atom is -0.367 e. The molecule has 118 valence electrons. The van der Waals surface area contributed by atoms with Crippen molar-refractivity contribution in [2.75, 3.05) is 0 Å². The van der Waals surface area contributed by atoms with Crippen LogP contribution in [-0.4, -0.2) is 21.2 Å². The maximum absolute atomic E-state index is 10.4. The second kappa shape index (κ2) is 13.0. The second-order valence-electron chi connectivity index (χ2n) is 4.67. The highest BCUT2D eigenvalue weighted by Gasteiger charge is 2.19. The first-order valence-electron chi connectivity index (χ1n) is 6.87. The second-order valence-corrected chi connectivity index (χ2v) is 5.86. The van der Waals surface area contributed by atoms with Crippen LogP contribution in [0.2, 0.25) is 0 Å². The van der Waals surface area contributed by atoms with Crippen molar-refractivity contribution in [3.63, 3.8) is 0 Å². The number of rotatable bonds is 12. The molecule has 0 aromatic heterocycles. The van der Waals surface area contributed by atoms with Crippen LogP contribution in [0.1, 0.15) is 71.1 Å². The van der Waals surface area contributed by atoms with E-state index >= 15 is 0 Å². The van der Waals surface area contributed by atoms with Gasteiger partial charge in [0.1, 0.15) is 0 Å². The molecule has 0 amide bonds. The Bertz CT molecular complexity index is 234. The summed E-state index contributed by atoms with van der Waals surface area (Å²) in [5.74, 6) is 0. The number of phosphoric ester groups is 1. The molecule has 0 heterocycles. The average molecular weight is 299 g/mol. The SMILES string of the molecule is CCCCCCCCCCCC(O)OP(=O)(O)O.N. The monoisotopic (exact) mass is 299 g/mol. The van der Waals surface area contributed by atoms with E-state index in [1.807, 2.05) is 0 Å². The van der Waals surface area contributed by atoms with Crippen LogP contribution in [0.3, 0.4) is 0 Å². The van der Waals surface area contributed by atoms with Crippen LogP contribution in [-0.2, 0) is 9.09 Å². The normalized spacial score (nSPS) is 13.1. The molecule has 6 nitrogen and oxygen atoms in total. The number of hydrogen-bond donors (Lipinski definition) is 4. The molecule has 0 aromatic carbocycles. The summed E-state index contributed by atoms with van der Waals surface area (Å²) in [7, 11) is -4.55. The predicted octanol–water partition coefficient (Wildman–Crippen LogP) is 3.50. The van der Waals surface area contributed by atoms with Crippen LogP contribution in [0.15, 0.2) is 0 Å². The fourth-order valence-electron chi connectivity index (χ4n) is 1.84. The third kappa shape index (κ3) is 18.0. The van der Waals surface area contributed by atoms with Crippen molar-refractivity contribution >= 4 is 7.82 Å². The maximum atomic E-state index is 10.4. The summed E-state index contributed by atoms with van der Waals surface area (Å²) in [6.45, 7) is 2.20. The first-order valence-corrected chi connectivity index (χ1v) is 8.40. The van der Waals surface area contributed by atoms with Crippen LogP contribution in [0.5, 0.6) is 0 Å². The highest BCUT2D eigenvalue weighted by molar-refractivity contribution is 7.46. The summed E-state index contributed by atoms with van der Waals surface area (Å²) in [6, 6.07) is 0. The molecule has 0 radical (unpaired) electrons. The van der Waals surface area contributed by atoms with Gasteiger partial charge in [0, 0.05) is 0 Å². The molecule has 0 saturated heterocycles. The van der Waals surface area contributed by atoms with Crippen LogP contribution in [0, 0.1) is 0 Å². The Kier molecular flexibility index (Phi) is 14.6. The van der Waals surface area contributed by atoms with Crippen molar-refractivity contribution in [3.8, 4) is 0 Å². The molecular weight excluding hydrogens is 269 g/mol. The zero-order valence-electron chi connectivity index (χ0n) is 12.0. The summed E-state index contributed by atoms with van der Waals surface area (Å²) in [5, 5.41) is 9.17. The van der Waals surface area contributed by atoms with E-state index in [-0.39, 0.29) is 12.6 Å². The number of aliphatic hydroxyl groups excluding tert-OH is 1. The van der Waals surface area contributed by atoms with E-state index in [0.29, 0.717) is 0 Å². The maximum Gasteiger partial charge on any atom is 0.471 e. The molecule has 1 unspecified atom stereocenters. The van der Waals surface area contributed by atoms with Crippen molar-refractivity contribution in [2.45, 2.75) is 77.4 Å². The van der Waals surface area contributed by atoms with Gasteiger partial charge in [-0.15, -0.1) is 0 Å². The molecule has 0 rings (SSSR count). The van der Waals surface area contributed by atoms with Gasteiger partial charge in [-0.05, 0) is 12.8 Å². The zero-order chi connectivity index (χ0) is 13.9. The first-order chi connectivity index (χ1) is 8.45. The lowest BCUT2D eigenvalue weighted by molar-refractivity contribution is -0.0426. The van der Waals surface area contributed by atoms with E-state index in [1.165, 1.54) is 38.5 Å². The minimum absolute atomic E-state index is 0. The molecule has 0 spiro atoms.